The minimum atomic E-state index is -0.406. The fourth-order valence-corrected chi connectivity index (χ4v) is 4.55. The predicted octanol–water partition coefficient (Wildman–Crippen LogP) is 4.04. The van der Waals surface area contributed by atoms with Crippen molar-refractivity contribution in [2.24, 2.45) is 0 Å². The highest BCUT2D eigenvalue weighted by molar-refractivity contribution is 6.07. The van der Waals surface area contributed by atoms with Crippen LogP contribution in [0.15, 0.2) is 72.8 Å². The molecule has 0 bridgehead atoms. The lowest BCUT2D eigenvalue weighted by Gasteiger charge is -2.34. The first-order chi connectivity index (χ1) is 16.5. The van der Waals surface area contributed by atoms with E-state index in [4.69, 9.17) is 0 Å². The van der Waals surface area contributed by atoms with Crippen molar-refractivity contribution in [2.75, 3.05) is 30.9 Å². The topological polar surface area (TPSA) is 73.5 Å². The van der Waals surface area contributed by atoms with Crippen LogP contribution in [0, 0.1) is 5.82 Å². The average Bonchev–Trinajstić information content (AvgIpc) is 3.03. The predicted molar refractivity (Wildman–Crippen MR) is 132 cm³/mol. The van der Waals surface area contributed by atoms with Gasteiger partial charge in [-0.15, -0.1) is 0 Å². The fourth-order valence-electron chi connectivity index (χ4n) is 4.55. The standard InChI is InChI=1S/C27H29FN4O2/c1-29-27(30-2)16-7-17-32(24-11-6-4-9-22(24)27)26(34)19-12-14-21(15-13-19)31-25(33)18-20-8-3-5-10-23(20)28/h3-6,8-15,29-30H,7,16-18H2,1-2H3,(H,31,33). The Morgan fingerprint density at radius 3 is 2.32 bits per heavy atom. The van der Waals surface area contributed by atoms with Crippen LogP contribution in [-0.4, -0.2) is 32.5 Å². The largest absolute Gasteiger partial charge is 0.326 e. The molecular formula is C27H29FN4O2. The summed E-state index contributed by atoms with van der Waals surface area (Å²) in [5, 5.41) is 9.56. The number of hydrogen-bond acceptors (Lipinski definition) is 4. The zero-order chi connectivity index (χ0) is 24.1. The van der Waals surface area contributed by atoms with Crippen molar-refractivity contribution >= 4 is 23.2 Å². The molecule has 0 unspecified atom stereocenters. The minimum absolute atomic E-state index is 0.0589. The second-order valence-electron chi connectivity index (χ2n) is 8.38. The molecule has 1 heterocycles. The van der Waals surface area contributed by atoms with Gasteiger partial charge in [-0.3, -0.25) is 20.2 Å². The molecular weight excluding hydrogens is 431 g/mol. The van der Waals surface area contributed by atoms with Crippen molar-refractivity contribution in [3.05, 3.63) is 95.3 Å². The van der Waals surface area contributed by atoms with Crippen molar-refractivity contribution in [3.63, 3.8) is 0 Å². The highest BCUT2D eigenvalue weighted by atomic mass is 19.1. The Morgan fingerprint density at radius 1 is 0.941 bits per heavy atom. The van der Waals surface area contributed by atoms with E-state index in [9.17, 15) is 14.0 Å². The van der Waals surface area contributed by atoms with Crippen LogP contribution in [0.25, 0.3) is 0 Å². The van der Waals surface area contributed by atoms with Gasteiger partial charge < -0.3 is 10.2 Å². The van der Waals surface area contributed by atoms with E-state index in [-0.39, 0.29) is 18.2 Å². The van der Waals surface area contributed by atoms with Gasteiger partial charge in [0.1, 0.15) is 5.82 Å². The van der Waals surface area contributed by atoms with Crippen molar-refractivity contribution in [1.29, 1.82) is 0 Å². The van der Waals surface area contributed by atoms with E-state index in [1.165, 1.54) is 6.07 Å². The van der Waals surface area contributed by atoms with E-state index in [1.54, 1.807) is 42.5 Å². The number of amides is 2. The van der Waals surface area contributed by atoms with Crippen molar-refractivity contribution in [1.82, 2.24) is 10.6 Å². The van der Waals surface area contributed by atoms with Crippen molar-refractivity contribution in [2.45, 2.75) is 24.9 Å². The molecule has 0 aliphatic carbocycles. The third-order valence-corrected chi connectivity index (χ3v) is 6.41. The highest BCUT2D eigenvalue weighted by Gasteiger charge is 2.36. The van der Waals surface area contributed by atoms with Crippen LogP contribution in [0.2, 0.25) is 0 Å². The van der Waals surface area contributed by atoms with Crippen LogP contribution in [-0.2, 0) is 16.9 Å². The molecule has 7 heteroatoms. The molecule has 0 radical (unpaired) electrons. The van der Waals surface area contributed by atoms with Gasteiger partial charge in [-0.1, -0.05) is 36.4 Å². The van der Waals surface area contributed by atoms with Crippen LogP contribution in [0.1, 0.15) is 34.3 Å². The Morgan fingerprint density at radius 2 is 1.62 bits per heavy atom. The molecule has 0 atom stereocenters. The lowest BCUT2D eigenvalue weighted by Crippen LogP contribution is -2.50. The number of carbonyl (C=O) groups excluding carboxylic acids is 2. The summed E-state index contributed by atoms with van der Waals surface area (Å²) < 4.78 is 13.8. The molecule has 3 aromatic carbocycles. The summed E-state index contributed by atoms with van der Waals surface area (Å²) in [5.41, 5.74) is 2.92. The van der Waals surface area contributed by atoms with Crippen LogP contribution in [0.3, 0.4) is 0 Å². The second kappa shape index (κ2) is 10.2. The van der Waals surface area contributed by atoms with Crippen molar-refractivity contribution in [3.8, 4) is 0 Å². The Labute approximate surface area is 199 Å². The number of halogens is 1. The van der Waals surface area contributed by atoms with E-state index < -0.39 is 11.5 Å². The molecule has 1 aliphatic rings. The number of anilines is 2. The summed E-state index contributed by atoms with van der Waals surface area (Å²) in [4.78, 5) is 27.6. The number of para-hydroxylation sites is 1. The first kappa shape index (κ1) is 23.6. The van der Waals surface area contributed by atoms with E-state index in [1.807, 2.05) is 43.3 Å². The van der Waals surface area contributed by atoms with E-state index in [2.05, 4.69) is 16.0 Å². The minimum Gasteiger partial charge on any atom is -0.326 e. The number of carbonyl (C=O) groups is 2. The Balaban J connectivity index is 1.51. The normalized spacial score (nSPS) is 14.7. The van der Waals surface area contributed by atoms with Gasteiger partial charge in [0.25, 0.3) is 5.91 Å². The molecule has 0 fully saturated rings. The summed E-state index contributed by atoms with van der Waals surface area (Å²) in [6.45, 7) is 0.599. The molecule has 0 saturated heterocycles. The Hall–Kier alpha value is -3.55. The van der Waals surface area contributed by atoms with Gasteiger partial charge in [-0.05, 0) is 68.9 Å². The number of rotatable bonds is 6. The summed E-state index contributed by atoms with van der Waals surface area (Å²) in [6, 6.07) is 21.0. The second-order valence-corrected chi connectivity index (χ2v) is 8.38. The lowest BCUT2D eigenvalue weighted by atomic mass is 9.94. The molecule has 3 aromatic rings. The lowest BCUT2D eigenvalue weighted by molar-refractivity contribution is -0.115. The zero-order valence-electron chi connectivity index (χ0n) is 19.4. The van der Waals surface area contributed by atoms with Crippen LogP contribution >= 0.6 is 0 Å². The molecule has 3 N–H and O–H groups in total. The molecule has 1 aliphatic heterocycles. The summed E-state index contributed by atoms with van der Waals surface area (Å²) >= 11 is 0. The maximum atomic E-state index is 13.8. The van der Waals surface area contributed by atoms with Gasteiger partial charge in [0, 0.05) is 23.4 Å². The first-order valence-electron chi connectivity index (χ1n) is 11.4. The molecule has 34 heavy (non-hydrogen) atoms. The SMILES string of the molecule is CNC1(NC)CCCN(C(=O)c2ccc(NC(=O)Cc3ccccc3F)cc2)c2ccccc21. The van der Waals surface area contributed by atoms with Gasteiger partial charge in [-0.2, -0.15) is 0 Å². The van der Waals surface area contributed by atoms with Crippen LogP contribution in [0.5, 0.6) is 0 Å². The fraction of sp³-hybridized carbons (Fsp3) is 0.259. The molecule has 2 amide bonds. The average molecular weight is 461 g/mol. The number of hydrogen-bond donors (Lipinski definition) is 3. The molecule has 176 valence electrons. The number of benzene rings is 3. The van der Waals surface area contributed by atoms with E-state index in [0.717, 1.165) is 24.1 Å². The van der Waals surface area contributed by atoms with Crippen LogP contribution < -0.4 is 20.9 Å². The first-order valence-corrected chi connectivity index (χ1v) is 11.4. The third-order valence-electron chi connectivity index (χ3n) is 6.41. The van der Waals surface area contributed by atoms with E-state index >= 15 is 0 Å². The van der Waals surface area contributed by atoms with Gasteiger partial charge in [0.2, 0.25) is 5.91 Å². The summed E-state index contributed by atoms with van der Waals surface area (Å²) in [7, 11) is 3.84. The van der Waals surface area contributed by atoms with Crippen molar-refractivity contribution < 1.29 is 14.0 Å². The van der Waals surface area contributed by atoms with Gasteiger partial charge in [0.15, 0.2) is 0 Å². The molecule has 4 rings (SSSR count). The maximum absolute atomic E-state index is 13.8. The van der Waals surface area contributed by atoms with Gasteiger partial charge in [0.05, 0.1) is 17.8 Å². The van der Waals surface area contributed by atoms with E-state index in [0.29, 0.717) is 23.4 Å². The van der Waals surface area contributed by atoms with Crippen LogP contribution in [0.4, 0.5) is 15.8 Å². The summed E-state index contributed by atoms with van der Waals surface area (Å²) in [5.74, 6) is -0.822. The monoisotopic (exact) mass is 460 g/mol. The van der Waals surface area contributed by atoms with Gasteiger partial charge in [-0.25, -0.2) is 4.39 Å². The maximum Gasteiger partial charge on any atom is 0.258 e. The third kappa shape index (κ3) is 4.71. The number of nitrogens with zero attached hydrogens (tertiary/aromatic N) is 1. The van der Waals surface area contributed by atoms with Gasteiger partial charge >= 0.3 is 0 Å². The zero-order valence-corrected chi connectivity index (χ0v) is 19.4. The number of nitrogens with one attached hydrogen (secondary N) is 3. The smallest absolute Gasteiger partial charge is 0.258 e. The highest BCUT2D eigenvalue weighted by Crippen LogP contribution is 2.36. The molecule has 0 spiro atoms. The number of fused-ring (bicyclic) bond motifs is 1. The Bertz CT molecular complexity index is 1180. The quantitative estimate of drug-likeness (QED) is 0.486. The Kier molecular flexibility index (Phi) is 7.05. The summed E-state index contributed by atoms with van der Waals surface area (Å²) in [6.07, 6.45) is 1.61. The molecule has 0 saturated carbocycles. The molecule has 0 aromatic heterocycles. The molecule has 6 nitrogen and oxygen atoms in total.